The zero-order valence-corrected chi connectivity index (χ0v) is 17.5. The second-order valence-corrected chi connectivity index (χ2v) is 7.41. The first kappa shape index (κ1) is 22.4. The summed E-state index contributed by atoms with van der Waals surface area (Å²) in [6.07, 6.45) is 3.63. The van der Waals surface area contributed by atoms with Gasteiger partial charge in [-0.3, -0.25) is 9.69 Å². The lowest BCUT2D eigenvalue weighted by atomic mass is 9.93. The fraction of sp³-hybridized carbons (Fsp3) is 0.435. The molecule has 0 saturated carbocycles. The molecule has 3 rings (SSSR count). The van der Waals surface area contributed by atoms with E-state index in [1.54, 1.807) is 0 Å². The number of anilines is 1. The Balaban J connectivity index is 0.00000280. The first-order valence-electron chi connectivity index (χ1n) is 10.0. The van der Waals surface area contributed by atoms with Crippen LogP contribution >= 0.6 is 12.4 Å². The van der Waals surface area contributed by atoms with E-state index in [0.29, 0.717) is 13.1 Å². The Morgan fingerprint density at radius 3 is 2.25 bits per heavy atom. The minimum atomic E-state index is 0. The Hall–Kier alpha value is -1.88. The second kappa shape index (κ2) is 11.8. The van der Waals surface area contributed by atoms with Crippen molar-refractivity contribution >= 4 is 24.0 Å². The molecule has 4 nitrogen and oxygen atoms in total. The third-order valence-corrected chi connectivity index (χ3v) is 5.42. The first-order chi connectivity index (χ1) is 13.3. The van der Waals surface area contributed by atoms with E-state index in [2.05, 4.69) is 22.3 Å². The molecule has 1 aliphatic rings. The maximum atomic E-state index is 13.1. The molecule has 0 unspecified atom stereocenters. The number of piperidine rings is 1. The summed E-state index contributed by atoms with van der Waals surface area (Å²) < 4.78 is 0. The van der Waals surface area contributed by atoms with Crippen molar-refractivity contribution in [3.8, 4) is 0 Å². The molecule has 152 valence electrons. The van der Waals surface area contributed by atoms with Crippen molar-refractivity contribution in [3.63, 3.8) is 0 Å². The summed E-state index contributed by atoms with van der Waals surface area (Å²) in [5.41, 5.74) is 2.12. The van der Waals surface area contributed by atoms with E-state index in [1.165, 1.54) is 19.3 Å². The lowest BCUT2D eigenvalue weighted by molar-refractivity contribution is -0.120. The van der Waals surface area contributed by atoms with Gasteiger partial charge in [-0.2, -0.15) is 0 Å². The van der Waals surface area contributed by atoms with E-state index >= 15 is 0 Å². The largest absolute Gasteiger partial charge is 0.320 e. The van der Waals surface area contributed by atoms with E-state index in [0.717, 1.165) is 36.8 Å². The number of nitrogens with zero attached hydrogens (tertiary/aromatic N) is 2. The van der Waals surface area contributed by atoms with E-state index in [9.17, 15) is 4.79 Å². The summed E-state index contributed by atoms with van der Waals surface area (Å²) in [6, 6.07) is 20.2. The highest BCUT2D eigenvalue weighted by molar-refractivity contribution is 5.94. The lowest BCUT2D eigenvalue weighted by Gasteiger charge is -2.33. The maximum absolute atomic E-state index is 13.1. The topological polar surface area (TPSA) is 35.6 Å². The first-order valence-corrected chi connectivity index (χ1v) is 10.0. The molecular formula is C23H32ClN3O. The van der Waals surface area contributed by atoms with Crippen LogP contribution < -0.4 is 10.2 Å². The van der Waals surface area contributed by atoms with Gasteiger partial charge in [0.1, 0.15) is 0 Å². The zero-order chi connectivity index (χ0) is 18.9. The van der Waals surface area contributed by atoms with Crippen molar-refractivity contribution in [2.75, 3.05) is 38.1 Å². The molecule has 0 spiro atoms. The number of amides is 1. The highest BCUT2D eigenvalue weighted by Gasteiger charge is 2.23. The van der Waals surface area contributed by atoms with Gasteiger partial charge in [0.2, 0.25) is 5.91 Å². The average molecular weight is 402 g/mol. The van der Waals surface area contributed by atoms with Crippen molar-refractivity contribution in [2.45, 2.75) is 25.8 Å². The van der Waals surface area contributed by atoms with Crippen molar-refractivity contribution in [2.24, 2.45) is 5.92 Å². The van der Waals surface area contributed by atoms with Crippen LogP contribution in [0.4, 0.5) is 5.69 Å². The van der Waals surface area contributed by atoms with E-state index < -0.39 is 0 Å². The molecule has 2 aromatic carbocycles. The Bertz CT molecular complexity index is 688. The van der Waals surface area contributed by atoms with Gasteiger partial charge in [0.15, 0.2) is 0 Å². The SMILES string of the molecule is CNCCC1CCN(CC(=O)N(Cc2ccccc2)c2ccccc2)CC1.Cl. The maximum Gasteiger partial charge on any atom is 0.241 e. The number of halogens is 1. The van der Waals surface area contributed by atoms with Gasteiger partial charge in [0.05, 0.1) is 13.1 Å². The van der Waals surface area contributed by atoms with E-state index in [4.69, 9.17) is 0 Å². The van der Waals surface area contributed by atoms with Crippen LogP contribution in [0.25, 0.3) is 0 Å². The molecule has 0 radical (unpaired) electrons. The van der Waals surface area contributed by atoms with Crippen LogP contribution in [0.15, 0.2) is 60.7 Å². The number of hydrogen-bond donors (Lipinski definition) is 1. The number of likely N-dealkylation sites (tertiary alicyclic amines) is 1. The van der Waals surface area contributed by atoms with Crippen LogP contribution in [0.1, 0.15) is 24.8 Å². The standard InChI is InChI=1S/C23H31N3O.ClH/c1-24-15-12-20-13-16-25(17-14-20)19-23(27)26(22-10-6-3-7-11-22)18-21-8-4-2-5-9-21;/h2-11,20,24H,12-19H2,1H3;1H. The Morgan fingerprint density at radius 2 is 1.64 bits per heavy atom. The Kier molecular flexibility index (Phi) is 9.48. The molecule has 0 atom stereocenters. The minimum absolute atomic E-state index is 0. The van der Waals surface area contributed by atoms with E-state index in [1.807, 2.05) is 60.5 Å². The number of nitrogens with one attached hydrogen (secondary N) is 1. The van der Waals surface area contributed by atoms with Gasteiger partial charge in [0, 0.05) is 5.69 Å². The molecule has 1 heterocycles. The molecule has 1 amide bonds. The number of carbonyl (C=O) groups excluding carboxylic acids is 1. The second-order valence-electron chi connectivity index (χ2n) is 7.41. The minimum Gasteiger partial charge on any atom is -0.320 e. The third kappa shape index (κ3) is 6.62. The predicted molar refractivity (Wildman–Crippen MR) is 119 cm³/mol. The van der Waals surface area contributed by atoms with Crippen LogP contribution in [0.3, 0.4) is 0 Å². The van der Waals surface area contributed by atoms with Crippen LogP contribution in [0, 0.1) is 5.92 Å². The molecule has 0 aromatic heterocycles. The molecule has 1 aliphatic heterocycles. The van der Waals surface area contributed by atoms with Gasteiger partial charge in [-0.15, -0.1) is 12.4 Å². The van der Waals surface area contributed by atoms with Gasteiger partial charge in [-0.25, -0.2) is 0 Å². The van der Waals surface area contributed by atoms with Crippen molar-refractivity contribution < 1.29 is 4.79 Å². The van der Waals surface area contributed by atoms with Gasteiger partial charge in [0.25, 0.3) is 0 Å². The molecule has 0 bridgehead atoms. The van der Waals surface area contributed by atoms with Crippen molar-refractivity contribution in [3.05, 3.63) is 66.2 Å². The highest BCUT2D eigenvalue weighted by Crippen LogP contribution is 2.21. The summed E-state index contributed by atoms with van der Waals surface area (Å²) in [7, 11) is 2.01. The number of carbonyl (C=O) groups is 1. The van der Waals surface area contributed by atoms with Crippen molar-refractivity contribution in [1.29, 1.82) is 0 Å². The molecule has 1 fully saturated rings. The quantitative estimate of drug-likeness (QED) is 0.727. The average Bonchev–Trinajstić information content (AvgIpc) is 2.73. The lowest BCUT2D eigenvalue weighted by Crippen LogP contribution is -2.43. The summed E-state index contributed by atoms with van der Waals surface area (Å²) in [4.78, 5) is 17.4. The van der Waals surface area contributed by atoms with Crippen LogP contribution in [-0.2, 0) is 11.3 Å². The molecule has 2 aromatic rings. The van der Waals surface area contributed by atoms with Crippen LogP contribution in [0.2, 0.25) is 0 Å². The zero-order valence-electron chi connectivity index (χ0n) is 16.7. The summed E-state index contributed by atoms with van der Waals surface area (Å²) in [5.74, 6) is 0.970. The van der Waals surface area contributed by atoms with Crippen LogP contribution in [0.5, 0.6) is 0 Å². The Morgan fingerprint density at radius 1 is 1.04 bits per heavy atom. The molecular weight excluding hydrogens is 370 g/mol. The summed E-state index contributed by atoms with van der Waals surface area (Å²) >= 11 is 0. The van der Waals surface area contributed by atoms with Crippen molar-refractivity contribution in [1.82, 2.24) is 10.2 Å². The molecule has 5 heteroatoms. The van der Waals surface area contributed by atoms with Gasteiger partial charge < -0.3 is 10.2 Å². The fourth-order valence-corrected chi connectivity index (χ4v) is 3.76. The molecule has 1 saturated heterocycles. The van der Waals surface area contributed by atoms with Crippen LogP contribution in [-0.4, -0.2) is 44.0 Å². The van der Waals surface area contributed by atoms with Gasteiger partial charge >= 0.3 is 0 Å². The highest BCUT2D eigenvalue weighted by atomic mass is 35.5. The summed E-state index contributed by atoms with van der Waals surface area (Å²) in [5, 5.41) is 3.24. The number of benzene rings is 2. The molecule has 1 N–H and O–H groups in total. The monoisotopic (exact) mass is 401 g/mol. The Labute approximate surface area is 175 Å². The fourth-order valence-electron chi connectivity index (χ4n) is 3.76. The molecule has 28 heavy (non-hydrogen) atoms. The smallest absolute Gasteiger partial charge is 0.241 e. The number of hydrogen-bond acceptors (Lipinski definition) is 3. The number of para-hydroxylation sites is 1. The third-order valence-electron chi connectivity index (χ3n) is 5.42. The summed E-state index contributed by atoms with van der Waals surface area (Å²) in [6.45, 7) is 4.24. The van der Waals surface area contributed by atoms with E-state index in [-0.39, 0.29) is 18.3 Å². The predicted octanol–water partition coefficient (Wildman–Crippen LogP) is 3.96. The molecule has 0 aliphatic carbocycles. The number of rotatable bonds is 8. The van der Waals surface area contributed by atoms with Gasteiger partial charge in [-0.05, 0) is 69.6 Å². The van der Waals surface area contributed by atoms with Gasteiger partial charge in [-0.1, -0.05) is 48.5 Å². The normalized spacial score (nSPS) is 15.0.